The van der Waals surface area contributed by atoms with Crippen LogP contribution in [0.15, 0.2) is 0 Å². The van der Waals surface area contributed by atoms with Crippen LogP contribution in [0.2, 0.25) is 0 Å². The molecule has 0 amide bonds. The molecule has 0 heterocycles. The molecule has 0 nitrogen and oxygen atoms in total. The zero-order valence-corrected chi connectivity index (χ0v) is 6.67. The molecule has 2 heteroatoms. The van der Waals surface area contributed by atoms with Gasteiger partial charge in [0.15, 0.2) is 0 Å². The second-order valence-electron chi connectivity index (χ2n) is 2.42. The van der Waals surface area contributed by atoms with Crippen molar-refractivity contribution in [1.29, 1.82) is 0 Å². The molecule has 0 aromatic heterocycles. The van der Waals surface area contributed by atoms with Gasteiger partial charge in [0.1, 0.15) is 0 Å². The number of hydrogen-bond acceptors (Lipinski definition) is 2. The zero-order chi connectivity index (χ0) is 5.98. The van der Waals surface area contributed by atoms with Crippen LogP contribution in [0.4, 0.5) is 0 Å². The average Bonchev–Trinajstić information content (AvgIpc) is 1.77. The molecule has 1 aliphatic carbocycles. The van der Waals surface area contributed by atoms with Crippen molar-refractivity contribution in [3.05, 3.63) is 0 Å². The summed E-state index contributed by atoms with van der Waals surface area (Å²) in [6.45, 7) is 0. The molecule has 1 saturated carbocycles. The smallest absolute Gasteiger partial charge is 0.0133 e. The predicted octanol–water partition coefficient (Wildman–Crippen LogP) is 2.16. The molecule has 2 atom stereocenters. The Hall–Kier alpha value is 0.700. The lowest BCUT2D eigenvalue weighted by molar-refractivity contribution is 0.532. The molecule has 1 fully saturated rings. The van der Waals surface area contributed by atoms with Crippen LogP contribution in [0.25, 0.3) is 0 Å². The first-order valence-corrected chi connectivity index (χ1v) is 4.20. The monoisotopic (exact) mass is 148 g/mol. The molecule has 1 rings (SSSR count). The van der Waals surface area contributed by atoms with E-state index >= 15 is 0 Å². The van der Waals surface area contributed by atoms with Crippen molar-refractivity contribution in [2.45, 2.75) is 36.2 Å². The first kappa shape index (κ1) is 6.81. The van der Waals surface area contributed by atoms with E-state index in [0.29, 0.717) is 10.5 Å². The Morgan fingerprint density at radius 3 is 1.50 bits per heavy atom. The van der Waals surface area contributed by atoms with E-state index < -0.39 is 0 Å². The van der Waals surface area contributed by atoms with Crippen LogP contribution in [-0.4, -0.2) is 10.5 Å². The topological polar surface area (TPSA) is 0 Å². The SMILES string of the molecule is S[C@H]1CCCC[C@@H]1S. The molecule has 48 valence electrons. The Kier molecular flexibility index (Phi) is 2.57. The summed E-state index contributed by atoms with van der Waals surface area (Å²) >= 11 is 8.76. The third kappa shape index (κ3) is 1.59. The second kappa shape index (κ2) is 3.02. The molecule has 0 aromatic carbocycles. The second-order valence-corrected chi connectivity index (χ2v) is 3.75. The molecule has 0 bridgehead atoms. The number of thiol groups is 2. The van der Waals surface area contributed by atoms with Gasteiger partial charge in [-0.15, -0.1) is 0 Å². The molecule has 1 aliphatic rings. The first-order chi connectivity index (χ1) is 3.80. The summed E-state index contributed by atoms with van der Waals surface area (Å²) in [5, 5.41) is 1.12. The van der Waals surface area contributed by atoms with E-state index in [1.54, 1.807) is 0 Å². The third-order valence-corrected chi connectivity index (χ3v) is 3.17. The average molecular weight is 148 g/mol. The van der Waals surface area contributed by atoms with Gasteiger partial charge in [-0.3, -0.25) is 0 Å². The van der Waals surface area contributed by atoms with Gasteiger partial charge < -0.3 is 0 Å². The maximum Gasteiger partial charge on any atom is 0.0133 e. The first-order valence-electron chi connectivity index (χ1n) is 3.17. The van der Waals surface area contributed by atoms with E-state index in [4.69, 9.17) is 0 Å². The third-order valence-electron chi connectivity index (χ3n) is 1.69. The minimum atomic E-state index is 0.562. The van der Waals surface area contributed by atoms with E-state index in [1.807, 2.05) is 0 Å². The maximum absolute atomic E-state index is 4.38. The normalized spacial score (nSPS) is 39.8. The van der Waals surface area contributed by atoms with Crippen molar-refractivity contribution < 1.29 is 0 Å². The summed E-state index contributed by atoms with van der Waals surface area (Å²) in [5.74, 6) is 0. The molecule has 0 spiro atoms. The largest absolute Gasteiger partial charge is 0.175 e. The van der Waals surface area contributed by atoms with Gasteiger partial charge >= 0.3 is 0 Å². The summed E-state index contributed by atoms with van der Waals surface area (Å²) in [6, 6.07) is 0. The minimum absolute atomic E-state index is 0.562. The lowest BCUT2D eigenvalue weighted by atomic mass is 10.00. The van der Waals surface area contributed by atoms with Crippen molar-refractivity contribution in [2.24, 2.45) is 0 Å². The summed E-state index contributed by atoms with van der Waals surface area (Å²) in [6.07, 6.45) is 5.23. The van der Waals surface area contributed by atoms with Crippen molar-refractivity contribution in [3.63, 3.8) is 0 Å². The molecule has 0 aliphatic heterocycles. The van der Waals surface area contributed by atoms with E-state index in [9.17, 15) is 0 Å². The van der Waals surface area contributed by atoms with Crippen molar-refractivity contribution in [1.82, 2.24) is 0 Å². The fraction of sp³-hybridized carbons (Fsp3) is 1.00. The number of rotatable bonds is 0. The highest BCUT2D eigenvalue weighted by molar-refractivity contribution is 7.85. The lowest BCUT2D eigenvalue weighted by Crippen LogP contribution is -2.19. The Bertz CT molecular complexity index is 62.9. The van der Waals surface area contributed by atoms with Gasteiger partial charge in [0.2, 0.25) is 0 Å². The van der Waals surface area contributed by atoms with Crippen LogP contribution < -0.4 is 0 Å². The standard InChI is InChI=1S/C6H12S2/c7-5-3-1-2-4-6(5)8/h5-8H,1-4H2/t5-,6-/m0/s1. The van der Waals surface area contributed by atoms with Crippen LogP contribution in [0.1, 0.15) is 25.7 Å². The van der Waals surface area contributed by atoms with Crippen LogP contribution in [0, 0.1) is 0 Å². The maximum atomic E-state index is 4.38. The lowest BCUT2D eigenvalue weighted by Gasteiger charge is -2.22. The molecular formula is C6H12S2. The Morgan fingerprint density at radius 1 is 0.875 bits per heavy atom. The molecule has 0 N–H and O–H groups in total. The van der Waals surface area contributed by atoms with Gasteiger partial charge in [0, 0.05) is 10.5 Å². The highest BCUT2D eigenvalue weighted by Crippen LogP contribution is 2.26. The van der Waals surface area contributed by atoms with Gasteiger partial charge in [0.05, 0.1) is 0 Å². The summed E-state index contributed by atoms with van der Waals surface area (Å²) in [4.78, 5) is 0. The molecular weight excluding hydrogens is 136 g/mol. The van der Waals surface area contributed by atoms with Crippen molar-refractivity contribution in [2.75, 3.05) is 0 Å². The predicted molar refractivity (Wildman–Crippen MR) is 44.0 cm³/mol. The fourth-order valence-corrected chi connectivity index (χ4v) is 1.76. The Balaban J connectivity index is 2.28. The van der Waals surface area contributed by atoms with E-state index in [2.05, 4.69) is 25.3 Å². The Labute approximate surface area is 61.9 Å². The van der Waals surface area contributed by atoms with Crippen LogP contribution >= 0.6 is 25.3 Å². The number of hydrogen-bond donors (Lipinski definition) is 2. The van der Waals surface area contributed by atoms with Gasteiger partial charge in [-0.1, -0.05) is 12.8 Å². The van der Waals surface area contributed by atoms with Gasteiger partial charge in [-0.05, 0) is 12.8 Å². The molecule has 0 radical (unpaired) electrons. The molecule has 0 saturated heterocycles. The van der Waals surface area contributed by atoms with Crippen molar-refractivity contribution in [3.8, 4) is 0 Å². The minimum Gasteiger partial charge on any atom is -0.175 e. The van der Waals surface area contributed by atoms with Crippen LogP contribution in [0.5, 0.6) is 0 Å². The van der Waals surface area contributed by atoms with E-state index in [1.165, 1.54) is 25.7 Å². The van der Waals surface area contributed by atoms with E-state index in [0.717, 1.165) is 0 Å². The Morgan fingerprint density at radius 2 is 1.25 bits per heavy atom. The van der Waals surface area contributed by atoms with Crippen LogP contribution in [-0.2, 0) is 0 Å². The summed E-state index contributed by atoms with van der Waals surface area (Å²) in [5.41, 5.74) is 0. The summed E-state index contributed by atoms with van der Waals surface area (Å²) in [7, 11) is 0. The van der Waals surface area contributed by atoms with Gasteiger partial charge in [0.25, 0.3) is 0 Å². The van der Waals surface area contributed by atoms with E-state index in [-0.39, 0.29) is 0 Å². The van der Waals surface area contributed by atoms with Gasteiger partial charge in [-0.2, -0.15) is 25.3 Å². The molecule has 0 unspecified atom stereocenters. The quantitative estimate of drug-likeness (QED) is 0.483. The van der Waals surface area contributed by atoms with Crippen molar-refractivity contribution >= 4 is 25.3 Å². The molecule has 0 aromatic rings. The highest BCUT2D eigenvalue weighted by atomic mass is 32.1. The fourth-order valence-electron chi connectivity index (χ4n) is 1.09. The molecule has 8 heavy (non-hydrogen) atoms. The van der Waals surface area contributed by atoms with Crippen LogP contribution in [0.3, 0.4) is 0 Å². The zero-order valence-electron chi connectivity index (χ0n) is 4.88. The van der Waals surface area contributed by atoms with Gasteiger partial charge in [-0.25, -0.2) is 0 Å². The highest BCUT2D eigenvalue weighted by Gasteiger charge is 2.17. The summed E-state index contributed by atoms with van der Waals surface area (Å²) < 4.78 is 0.